The minimum absolute atomic E-state index is 0.0843. The lowest BCUT2D eigenvalue weighted by molar-refractivity contribution is -0.115. The Labute approximate surface area is 145 Å². The molecule has 1 aromatic carbocycles. The summed E-state index contributed by atoms with van der Waals surface area (Å²) in [5.74, 6) is -2.02. The molecule has 0 spiro atoms. The van der Waals surface area contributed by atoms with Crippen molar-refractivity contribution < 1.29 is 19.2 Å². The van der Waals surface area contributed by atoms with E-state index in [2.05, 4.69) is 10.6 Å². The molecule has 10 heteroatoms. The highest BCUT2D eigenvalue weighted by Gasteiger charge is 2.33. The number of hydrogen-bond acceptors (Lipinski definition) is 6. The second-order valence-electron chi connectivity index (χ2n) is 5.68. The number of nitrogens with two attached hydrogens (primary N) is 1. The number of urea groups is 1. The smallest absolute Gasteiger partial charge is 0.329 e. The van der Waals surface area contributed by atoms with Crippen molar-refractivity contribution in [3.8, 4) is 5.69 Å². The van der Waals surface area contributed by atoms with Crippen molar-refractivity contribution in [3.63, 3.8) is 0 Å². The molecule has 1 fully saturated rings. The molecule has 5 amide bonds. The van der Waals surface area contributed by atoms with Gasteiger partial charge in [-0.05, 0) is 18.2 Å². The van der Waals surface area contributed by atoms with Crippen molar-refractivity contribution >= 4 is 35.3 Å². The number of benzene rings is 1. The van der Waals surface area contributed by atoms with E-state index >= 15 is 0 Å². The third-order valence-corrected chi connectivity index (χ3v) is 4.14. The van der Waals surface area contributed by atoms with Crippen LogP contribution in [0.15, 0.2) is 35.1 Å². The number of pyridine rings is 1. The Hall–Kier alpha value is -3.95. The highest BCUT2D eigenvalue weighted by Crippen LogP contribution is 2.25. The van der Waals surface area contributed by atoms with Gasteiger partial charge in [0.1, 0.15) is 5.82 Å². The summed E-state index contributed by atoms with van der Waals surface area (Å²) in [7, 11) is 0. The zero-order valence-corrected chi connectivity index (χ0v) is 13.1. The summed E-state index contributed by atoms with van der Waals surface area (Å²) in [6.07, 6.45) is 0. The van der Waals surface area contributed by atoms with Crippen molar-refractivity contribution in [2.24, 2.45) is 0 Å². The van der Waals surface area contributed by atoms with Gasteiger partial charge in [0.15, 0.2) is 0 Å². The first-order chi connectivity index (χ1) is 12.4. The molecule has 0 atom stereocenters. The number of amides is 5. The van der Waals surface area contributed by atoms with Crippen LogP contribution in [0.1, 0.15) is 20.7 Å². The fourth-order valence-electron chi connectivity index (χ4n) is 3.00. The molecular formula is C16H11N5O5. The van der Waals surface area contributed by atoms with Crippen LogP contribution in [0, 0.1) is 0 Å². The third kappa shape index (κ3) is 2.09. The average Bonchev–Trinajstić information content (AvgIpc) is 3.06. The minimum Gasteiger partial charge on any atom is -0.384 e. The lowest BCUT2D eigenvalue weighted by Gasteiger charge is -2.16. The maximum Gasteiger partial charge on any atom is 0.329 e. The van der Waals surface area contributed by atoms with Gasteiger partial charge in [-0.1, -0.05) is 6.07 Å². The zero-order valence-electron chi connectivity index (χ0n) is 13.1. The summed E-state index contributed by atoms with van der Waals surface area (Å²) in [4.78, 5) is 60.7. The SMILES string of the molecule is Nc1c2c(cc(=O)n1-c1cccc(N3C(=O)CNC3=O)c1)C(=O)NC2=O. The molecule has 3 heterocycles. The van der Waals surface area contributed by atoms with Crippen LogP contribution < -0.4 is 26.8 Å². The number of nitrogens with one attached hydrogen (secondary N) is 2. The second-order valence-corrected chi connectivity index (χ2v) is 5.68. The van der Waals surface area contributed by atoms with Crippen LogP contribution in [-0.4, -0.2) is 34.9 Å². The molecule has 0 bridgehead atoms. The molecule has 0 aliphatic carbocycles. The summed E-state index contributed by atoms with van der Waals surface area (Å²) < 4.78 is 1.04. The van der Waals surface area contributed by atoms with Crippen LogP contribution in [0.3, 0.4) is 0 Å². The normalized spacial score (nSPS) is 15.9. The largest absolute Gasteiger partial charge is 0.384 e. The molecule has 130 valence electrons. The van der Waals surface area contributed by atoms with Crippen molar-refractivity contribution in [1.29, 1.82) is 0 Å². The van der Waals surface area contributed by atoms with Gasteiger partial charge in [-0.3, -0.25) is 29.1 Å². The number of nitrogens with zero attached hydrogens (tertiary/aromatic N) is 2. The molecule has 0 radical (unpaired) electrons. The predicted octanol–water partition coefficient (Wildman–Crippen LogP) is -0.641. The van der Waals surface area contributed by atoms with E-state index in [1.54, 1.807) is 0 Å². The van der Waals surface area contributed by atoms with Gasteiger partial charge in [-0.25, -0.2) is 9.69 Å². The van der Waals surface area contributed by atoms with Gasteiger partial charge in [-0.15, -0.1) is 0 Å². The quantitative estimate of drug-likeness (QED) is 0.484. The number of carbonyl (C=O) groups is 4. The molecule has 4 N–H and O–H groups in total. The summed E-state index contributed by atoms with van der Waals surface area (Å²) in [5.41, 5.74) is 5.66. The molecule has 4 rings (SSSR count). The Bertz CT molecular complexity index is 1070. The first-order valence-corrected chi connectivity index (χ1v) is 7.51. The van der Waals surface area contributed by atoms with E-state index in [1.165, 1.54) is 24.3 Å². The Morgan fingerprint density at radius 3 is 2.38 bits per heavy atom. The van der Waals surface area contributed by atoms with Gasteiger partial charge >= 0.3 is 6.03 Å². The fraction of sp³-hybridized carbons (Fsp3) is 0.0625. The number of hydrogen-bond donors (Lipinski definition) is 3. The number of rotatable bonds is 2. The monoisotopic (exact) mass is 353 g/mol. The zero-order chi connectivity index (χ0) is 18.6. The lowest BCUT2D eigenvalue weighted by Crippen LogP contribution is -2.31. The summed E-state index contributed by atoms with van der Waals surface area (Å²) in [6.45, 7) is -0.119. The number of nitrogen functional groups attached to an aromatic ring is 1. The molecule has 2 aliphatic heterocycles. The molecule has 1 aromatic heterocycles. The maximum atomic E-state index is 12.4. The van der Waals surface area contributed by atoms with Gasteiger partial charge in [0.25, 0.3) is 23.3 Å². The number of imide groups is 2. The van der Waals surface area contributed by atoms with E-state index in [4.69, 9.17) is 5.73 Å². The Balaban J connectivity index is 1.89. The van der Waals surface area contributed by atoms with Gasteiger partial charge in [-0.2, -0.15) is 0 Å². The molecule has 1 saturated heterocycles. The van der Waals surface area contributed by atoms with Gasteiger partial charge < -0.3 is 11.1 Å². The maximum absolute atomic E-state index is 12.4. The summed E-state index contributed by atoms with van der Waals surface area (Å²) in [5, 5.41) is 4.48. The first-order valence-electron chi connectivity index (χ1n) is 7.51. The van der Waals surface area contributed by atoms with Crippen LogP contribution in [0.5, 0.6) is 0 Å². The van der Waals surface area contributed by atoms with Crippen molar-refractivity contribution in [3.05, 3.63) is 51.8 Å². The third-order valence-electron chi connectivity index (χ3n) is 4.14. The highest BCUT2D eigenvalue weighted by atomic mass is 16.2. The van der Waals surface area contributed by atoms with Gasteiger partial charge in [0.05, 0.1) is 29.0 Å². The van der Waals surface area contributed by atoms with E-state index in [0.29, 0.717) is 0 Å². The van der Waals surface area contributed by atoms with E-state index in [9.17, 15) is 24.0 Å². The van der Waals surface area contributed by atoms with Gasteiger partial charge in [0, 0.05) is 6.07 Å². The van der Waals surface area contributed by atoms with Crippen LogP contribution in [-0.2, 0) is 4.79 Å². The molecule has 2 aliphatic rings. The summed E-state index contributed by atoms with van der Waals surface area (Å²) in [6, 6.07) is 6.45. The number of anilines is 2. The Kier molecular flexibility index (Phi) is 3.16. The van der Waals surface area contributed by atoms with Crippen LogP contribution >= 0.6 is 0 Å². The number of fused-ring (bicyclic) bond motifs is 1. The van der Waals surface area contributed by atoms with Crippen molar-refractivity contribution in [1.82, 2.24) is 15.2 Å². The van der Waals surface area contributed by atoms with Crippen LogP contribution in [0.25, 0.3) is 5.69 Å². The second kappa shape index (κ2) is 5.28. The van der Waals surface area contributed by atoms with E-state index < -0.39 is 29.3 Å². The number of aromatic nitrogens is 1. The Morgan fingerprint density at radius 1 is 0.962 bits per heavy atom. The van der Waals surface area contributed by atoms with E-state index in [-0.39, 0.29) is 34.9 Å². The molecule has 0 saturated carbocycles. The predicted molar refractivity (Wildman–Crippen MR) is 89.1 cm³/mol. The van der Waals surface area contributed by atoms with Crippen molar-refractivity contribution in [2.75, 3.05) is 17.2 Å². The molecule has 10 nitrogen and oxygen atoms in total. The minimum atomic E-state index is -0.693. The van der Waals surface area contributed by atoms with Crippen LogP contribution in [0.2, 0.25) is 0 Å². The lowest BCUT2D eigenvalue weighted by atomic mass is 10.1. The summed E-state index contributed by atoms with van der Waals surface area (Å²) >= 11 is 0. The number of carbonyl (C=O) groups excluding carboxylic acids is 4. The molecule has 26 heavy (non-hydrogen) atoms. The molecule has 2 aromatic rings. The van der Waals surface area contributed by atoms with Crippen molar-refractivity contribution in [2.45, 2.75) is 0 Å². The van der Waals surface area contributed by atoms with Gasteiger partial charge in [0.2, 0.25) is 0 Å². The fourth-order valence-corrected chi connectivity index (χ4v) is 3.00. The van der Waals surface area contributed by atoms with Crippen LogP contribution in [0.4, 0.5) is 16.3 Å². The topological polar surface area (TPSA) is 144 Å². The van der Waals surface area contributed by atoms with E-state index in [1.807, 2.05) is 0 Å². The standard InChI is InChI=1S/C16H11N5O5/c17-13-12-9(14(24)19-15(12)25)5-10(22)20(13)7-2-1-3-8(4-7)21-11(23)6-18-16(21)26/h1-5H,6,17H2,(H,18,26)(H,19,24,25). The molecular weight excluding hydrogens is 342 g/mol. The molecule has 0 unspecified atom stereocenters. The average molecular weight is 353 g/mol. The highest BCUT2D eigenvalue weighted by molar-refractivity contribution is 6.23. The Morgan fingerprint density at radius 2 is 1.69 bits per heavy atom. The van der Waals surface area contributed by atoms with E-state index in [0.717, 1.165) is 15.5 Å². The first kappa shape index (κ1) is 15.6.